The quantitative estimate of drug-likeness (QED) is 0.631. The number of hydrogen-bond donors (Lipinski definition) is 1. The van der Waals surface area contributed by atoms with Gasteiger partial charge in [0.2, 0.25) is 5.91 Å². The van der Waals surface area contributed by atoms with Gasteiger partial charge in [0.1, 0.15) is 12.4 Å². The van der Waals surface area contributed by atoms with E-state index in [1.165, 1.54) is 5.56 Å². The van der Waals surface area contributed by atoms with Crippen LogP contribution in [0.5, 0.6) is 0 Å². The number of hydrazine groups is 1. The number of anilines is 1. The summed E-state index contributed by atoms with van der Waals surface area (Å²) in [5.74, 6) is 0.0265. The lowest BCUT2D eigenvalue weighted by Gasteiger charge is -2.41. The Kier molecular flexibility index (Phi) is 6.82. The predicted octanol–water partition coefficient (Wildman–Crippen LogP) is 2.77. The van der Waals surface area contributed by atoms with Gasteiger partial charge < -0.3 is 24.9 Å². The first kappa shape index (κ1) is 25.5. The Labute approximate surface area is 232 Å². The standard InChI is InChI=1S/C28H32ClN7O3/c1-31-17-25-27(38)36(19-33(25)18-31)34-14-12-32(13-15-34)26(37)16-24-23-5-3-2-4-20(23)10-11-35(24)28(39)30-22-8-6-21(29)7-9-22/h2-9,17,24H,10-16,18-19H2,1H3,(H,30,39). The van der Waals surface area contributed by atoms with Gasteiger partial charge in [0.25, 0.3) is 5.91 Å². The number of benzene rings is 2. The second kappa shape index (κ2) is 10.4. The van der Waals surface area contributed by atoms with Crippen LogP contribution in [0, 0.1) is 0 Å². The molecule has 4 amide bonds. The third-order valence-corrected chi connectivity index (χ3v) is 8.17. The number of nitrogens with zero attached hydrogens (tertiary/aromatic N) is 6. The zero-order valence-corrected chi connectivity index (χ0v) is 22.7. The van der Waals surface area contributed by atoms with E-state index in [1.54, 1.807) is 34.2 Å². The van der Waals surface area contributed by atoms with Gasteiger partial charge in [-0.2, -0.15) is 0 Å². The van der Waals surface area contributed by atoms with Crippen LogP contribution in [0.4, 0.5) is 10.5 Å². The number of amides is 4. The highest BCUT2D eigenvalue weighted by Gasteiger charge is 2.41. The number of carbonyl (C=O) groups is 3. The van der Waals surface area contributed by atoms with Gasteiger partial charge in [-0.05, 0) is 41.8 Å². The third-order valence-electron chi connectivity index (χ3n) is 7.92. The van der Waals surface area contributed by atoms with Crippen molar-refractivity contribution in [3.8, 4) is 0 Å². The molecule has 11 heteroatoms. The van der Waals surface area contributed by atoms with E-state index in [0.717, 1.165) is 17.7 Å². The Morgan fingerprint density at radius 1 is 0.974 bits per heavy atom. The van der Waals surface area contributed by atoms with E-state index in [4.69, 9.17) is 11.6 Å². The molecule has 6 rings (SSSR count). The molecule has 0 radical (unpaired) electrons. The van der Waals surface area contributed by atoms with Gasteiger partial charge in [-0.15, -0.1) is 0 Å². The van der Waals surface area contributed by atoms with Crippen molar-refractivity contribution in [1.29, 1.82) is 0 Å². The Hall–Kier alpha value is -3.76. The molecule has 10 nitrogen and oxygen atoms in total. The lowest BCUT2D eigenvalue weighted by molar-refractivity contribution is -0.148. The fraction of sp³-hybridized carbons (Fsp3) is 0.393. The number of rotatable bonds is 4. The van der Waals surface area contributed by atoms with Gasteiger partial charge in [-0.1, -0.05) is 35.9 Å². The molecule has 1 atom stereocenters. The monoisotopic (exact) mass is 549 g/mol. The molecule has 4 aliphatic heterocycles. The van der Waals surface area contributed by atoms with Gasteiger partial charge >= 0.3 is 6.03 Å². The Morgan fingerprint density at radius 2 is 1.72 bits per heavy atom. The molecule has 0 aliphatic carbocycles. The fourth-order valence-electron chi connectivity index (χ4n) is 5.89. The smallest absolute Gasteiger partial charge is 0.322 e. The highest BCUT2D eigenvalue weighted by Crippen LogP contribution is 2.34. The van der Waals surface area contributed by atoms with Crippen LogP contribution in [0.1, 0.15) is 23.6 Å². The third kappa shape index (κ3) is 5.02. The van der Waals surface area contributed by atoms with Crippen LogP contribution in [-0.4, -0.2) is 101 Å². The number of fused-ring (bicyclic) bond motifs is 2. The zero-order valence-electron chi connectivity index (χ0n) is 21.9. The van der Waals surface area contributed by atoms with Crippen molar-refractivity contribution in [2.24, 2.45) is 0 Å². The minimum Gasteiger partial charge on any atom is -0.361 e. The molecule has 0 spiro atoms. The average Bonchev–Trinajstić information content (AvgIpc) is 3.46. The maximum atomic E-state index is 13.6. The summed E-state index contributed by atoms with van der Waals surface area (Å²) in [5, 5.41) is 7.40. The summed E-state index contributed by atoms with van der Waals surface area (Å²) in [6.45, 7) is 4.04. The van der Waals surface area contributed by atoms with Crippen LogP contribution in [0.3, 0.4) is 0 Å². The molecule has 39 heavy (non-hydrogen) atoms. The summed E-state index contributed by atoms with van der Waals surface area (Å²) >= 11 is 5.99. The highest BCUT2D eigenvalue weighted by molar-refractivity contribution is 6.30. The van der Waals surface area contributed by atoms with Gasteiger partial charge in [0.15, 0.2) is 0 Å². The molecule has 2 saturated heterocycles. The van der Waals surface area contributed by atoms with Crippen molar-refractivity contribution in [2.45, 2.75) is 18.9 Å². The number of piperazine rings is 1. The predicted molar refractivity (Wildman–Crippen MR) is 147 cm³/mol. The molecule has 204 valence electrons. The van der Waals surface area contributed by atoms with Crippen molar-refractivity contribution in [1.82, 2.24) is 29.6 Å². The van der Waals surface area contributed by atoms with Crippen LogP contribution in [0.25, 0.3) is 0 Å². The zero-order chi connectivity index (χ0) is 27.1. The molecule has 0 bridgehead atoms. The van der Waals surface area contributed by atoms with Gasteiger partial charge in [-0.3, -0.25) is 9.59 Å². The van der Waals surface area contributed by atoms with Gasteiger partial charge in [0, 0.05) is 56.7 Å². The van der Waals surface area contributed by atoms with E-state index in [9.17, 15) is 14.4 Å². The normalized spacial score (nSPS) is 21.2. The SMILES string of the molecule is CN1C=C2C(=O)N(N3CCN(C(=O)CC4c5ccccc5CCN4C(=O)Nc4ccc(Cl)cc4)CC3)CN2C1. The summed E-state index contributed by atoms with van der Waals surface area (Å²) in [6, 6.07) is 14.5. The molecule has 0 saturated carbocycles. The van der Waals surface area contributed by atoms with Crippen LogP contribution in [0.15, 0.2) is 60.4 Å². The minimum atomic E-state index is -0.357. The first-order valence-corrected chi connectivity index (χ1v) is 13.7. The number of hydrogen-bond acceptors (Lipinski definition) is 6. The van der Waals surface area contributed by atoms with Gasteiger partial charge in [-0.25, -0.2) is 14.8 Å². The van der Waals surface area contributed by atoms with Crippen LogP contribution < -0.4 is 5.32 Å². The molecule has 2 fully saturated rings. The number of urea groups is 1. The largest absolute Gasteiger partial charge is 0.361 e. The number of carbonyl (C=O) groups excluding carboxylic acids is 3. The number of halogens is 1. The maximum Gasteiger partial charge on any atom is 0.322 e. The maximum absolute atomic E-state index is 13.6. The molecule has 1 N–H and O–H groups in total. The summed E-state index contributed by atoms with van der Waals surface area (Å²) in [4.78, 5) is 47.5. The first-order chi connectivity index (χ1) is 18.9. The molecule has 4 aliphatic rings. The Bertz CT molecular complexity index is 1310. The highest BCUT2D eigenvalue weighted by atomic mass is 35.5. The van der Waals surface area contributed by atoms with Crippen LogP contribution >= 0.6 is 11.6 Å². The van der Waals surface area contributed by atoms with Crippen molar-refractivity contribution < 1.29 is 14.4 Å². The summed E-state index contributed by atoms with van der Waals surface area (Å²) in [5.41, 5.74) is 3.57. The van der Waals surface area contributed by atoms with Crippen molar-refractivity contribution in [3.63, 3.8) is 0 Å². The lowest BCUT2D eigenvalue weighted by atomic mass is 9.90. The topological polar surface area (TPSA) is 82.7 Å². The molecule has 2 aromatic rings. The Balaban J connectivity index is 1.12. The van der Waals surface area contributed by atoms with Crippen LogP contribution in [-0.2, 0) is 16.0 Å². The first-order valence-electron chi connectivity index (χ1n) is 13.3. The fourth-order valence-corrected chi connectivity index (χ4v) is 6.01. The molecule has 0 aromatic heterocycles. The van der Waals surface area contributed by atoms with Crippen molar-refractivity contribution in [2.75, 3.05) is 58.4 Å². The van der Waals surface area contributed by atoms with E-state index in [0.29, 0.717) is 56.8 Å². The minimum absolute atomic E-state index is 0.0124. The van der Waals surface area contributed by atoms with E-state index >= 15 is 0 Å². The summed E-state index contributed by atoms with van der Waals surface area (Å²) in [6.07, 6.45) is 2.83. The lowest BCUT2D eigenvalue weighted by Crippen LogP contribution is -2.56. The molecule has 2 aromatic carbocycles. The molecular formula is C28H32ClN7O3. The van der Waals surface area contributed by atoms with Gasteiger partial charge in [0.05, 0.1) is 19.1 Å². The average molecular weight is 550 g/mol. The molecule has 1 unspecified atom stereocenters. The van der Waals surface area contributed by atoms with Crippen molar-refractivity contribution in [3.05, 3.63) is 76.6 Å². The summed E-state index contributed by atoms with van der Waals surface area (Å²) < 4.78 is 0. The van der Waals surface area contributed by atoms with Crippen molar-refractivity contribution >= 4 is 35.1 Å². The number of nitrogens with one attached hydrogen (secondary N) is 1. The van der Waals surface area contributed by atoms with Crippen LogP contribution in [0.2, 0.25) is 5.02 Å². The molecular weight excluding hydrogens is 518 g/mol. The second-order valence-corrected chi connectivity index (χ2v) is 10.9. The second-order valence-electron chi connectivity index (χ2n) is 10.4. The van der Waals surface area contributed by atoms with E-state index in [2.05, 4.69) is 16.3 Å². The van der Waals surface area contributed by atoms with E-state index in [-0.39, 0.29) is 30.3 Å². The molecule has 4 heterocycles. The van der Waals surface area contributed by atoms with E-state index in [1.807, 2.05) is 46.3 Å². The Morgan fingerprint density at radius 3 is 2.46 bits per heavy atom. The summed E-state index contributed by atoms with van der Waals surface area (Å²) in [7, 11) is 1.96. The van der Waals surface area contributed by atoms with E-state index < -0.39 is 0 Å².